The number of nitrogens with zero attached hydrogens (tertiary/aromatic N) is 4. The van der Waals surface area contributed by atoms with Crippen molar-refractivity contribution in [3.63, 3.8) is 0 Å². The topological polar surface area (TPSA) is 81.1 Å². The van der Waals surface area contributed by atoms with E-state index in [0.717, 1.165) is 5.82 Å². The predicted octanol–water partition coefficient (Wildman–Crippen LogP) is 1.17. The number of hydrogen-bond acceptors (Lipinski definition) is 3. The Labute approximate surface area is 124 Å². The van der Waals surface area contributed by atoms with Crippen molar-refractivity contribution in [2.75, 3.05) is 0 Å². The van der Waals surface area contributed by atoms with Gasteiger partial charge < -0.3 is 15.6 Å². The fourth-order valence-corrected chi connectivity index (χ4v) is 2.11. The quantitative estimate of drug-likeness (QED) is 0.479. The summed E-state index contributed by atoms with van der Waals surface area (Å²) in [5, 5.41) is 11.0. The van der Waals surface area contributed by atoms with Crippen LogP contribution < -0.4 is 11.1 Å². The van der Waals surface area contributed by atoms with Gasteiger partial charge in [0.15, 0.2) is 11.8 Å². The molecule has 1 heterocycles. The van der Waals surface area contributed by atoms with Crippen molar-refractivity contribution < 1.29 is 0 Å². The lowest BCUT2D eigenvalue weighted by Crippen LogP contribution is -2.41. The van der Waals surface area contributed by atoms with E-state index in [-0.39, 0.29) is 24.0 Å². The SMILES string of the molecule is Cn1cnnc1CN=C(N)NC1CCCCC1.I. The molecule has 1 aliphatic rings. The Balaban J connectivity index is 0.00000162. The zero-order valence-corrected chi connectivity index (χ0v) is 13.0. The van der Waals surface area contributed by atoms with Gasteiger partial charge in [0.2, 0.25) is 0 Å². The van der Waals surface area contributed by atoms with Crippen molar-refractivity contribution in [2.45, 2.75) is 44.7 Å². The summed E-state index contributed by atoms with van der Waals surface area (Å²) < 4.78 is 1.84. The molecule has 102 valence electrons. The first kappa shape index (κ1) is 15.2. The molecule has 0 spiro atoms. The number of guanidine groups is 1. The maximum Gasteiger partial charge on any atom is 0.189 e. The summed E-state index contributed by atoms with van der Waals surface area (Å²) in [7, 11) is 1.90. The van der Waals surface area contributed by atoms with Crippen molar-refractivity contribution in [3.05, 3.63) is 12.2 Å². The molecule has 3 N–H and O–H groups in total. The van der Waals surface area contributed by atoms with Gasteiger partial charge in [-0.3, -0.25) is 0 Å². The highest BCUT2D eigenvalue weighted by Gasteiger charge is 2.13. The van der Waals surface area contributed by atoms with Crippen LogP contribution in [0.1, 0.15) is 37.9 Å². The number of hydrogen-bond donors (Lipinski definition) is 2. The molecule has 1 aromatic heterocycles. The zero-order valence-electron chi connectivity index (χ0n) is 10.7. The number of halogens is 1. The van der Waals surface area contributed by atoms with E-state index in [4.69, 9.17) is 5.73 Å². The Morgan fingerprint density at radius 1 is 1.50 bits per heavy atom. The molecule has 0 bridgehead atoms. The maximum absolute atomic E-state index is 5.85. The van der Waals surface area contributed by atoms with E-state index < -0.39 is 0 Å². The van der Waals surface area contributed by atoms with Gasteiger partial charge in [0.25, 0.3) is 0 Å². The van der Waals surface area contributed by atoms with E-state index in [2.05, 4.69) is 20.5 Å². The number of aromatic nitrogens is 3. The van der Waals surface area contributed by atoms with E-state index in [9.17, 15) is 0 Å². The number of aliphatic imine (C=N–C) groups is 1. The van der Waals surface area contributed by atoms with Gasteiger partial charge in [0, 0.05) is 13.1 Å². The Morgan fingerprint density at radius 2 is 2.22 bits per heavy atom. The minimum absolute atomic E-state index is 0. The van der Waals surface area contributed by atoms with Crippen LogP contribution in [0.4, 0.5) is 0 Å². The van der Waals surface area contributed by atoms with Crippen LogP contribution in [0.2, 0.25) is 0 Å². The first-order valence-electron chi connectivity index (χ1n) is 6.15. The normalized spacial score (nSPS) is 17.3. The predicted molar refractivity (Wildman–Crippen MR) is 81.8 cm³/mol. The Kier molecular flexibility index (Phi) is 6.37. The van der Waals surface area contributed by atoms with Crippen LogP contribution in [0.15, 0.2) is 11.3 Å². The van der Waals surface area contributed by atoms with Gasteiger partial charge in [0.05, 0.1) is 0 Å². The monoisotopic (exact) mass is 364 g/mol. The van der Waals surface area contributed by atoms with Gasteiger partial charge in [-0.15, -0.1) is 34.2 Å². The minimum Gasteiger partial charge on any atom is -0.370 e. The molecule has 2 rings (SSSR count). The molecule has 1 saturated carbocycles. The second-order valence-electron chi connectivity index (χ2n) is 4.54. The molecule has 1 aromatic rings. The van der Waals surface area contributed by atoms with Crippen LogP contribution in [0.3, 0.4) is 0 Å². The van der Waals surface area contributed by atoms with Crippen LogP contribution >= 0.6 is 24.0 Å². The van der Waals surface area contributed by atoms with E-state index in [1.807, 2.05) is 11.6 Å². The van der Waals surface area contributed by atoms with Crippen LogP contribution in [0.25, 0.3) is 0 Å². The summed E-state index contributed by atoms with van der Waals surface area (Å²) in [6, 6.07) is 0.493. The Morgan fingerprint density at radius 3 is 2.83 bits per heavy atom. The number of nitrogens with two attached hydrogens (primary N) is 1. The summed E-state index contributed by atoms with van der Waals surface area (Å²) in [4.78, 5) is 4.28. The van der Waals surface area contributed by atoms with Crippen molar-refractivity contribution in [3.8, 4) is 0 Å². The van der Waals surface area contributed by atoms with Crippen LogP contribution in [0.5, 0.6) is 0 Å². The average molecular weight is 364 g/mol. The van der Waals surface area contributed by atoms with E-state index >= 15 is 0 Å². The highest BCUT2D eigenvalue weighted by molar-refractivity contribution is 14.0. The Bertz CT molecular complexity index is 383. The summed E-state index contributed by atoms with van der Waals surface area (Å²) in [5.41, 5.74) is 5.85. The first-order chi connectivity index (χ1) is 8.25. The first-order valence-corrected chi connectivity index (χ1v) is 6.15. The molecule has 6 nitrogen and oxygen atoms in total. The van der Waals surface area contributed by atoms with Gasteiger partial charge in [-0.2, -0.15) is 0 Å². The highest BCUT2D eigenvalue weighted by atomic mass is 127. The van der Waals surface area contributed by atoms with E-state index in [0.29, 0.717) is 18.5 Å². The molecule has 0 aromatic carbocycles. The fraction of sp³-hybridized carbons (Fsp3) is 0.727. The average Bonchev–Trinajstić information content (AvgIpc) is 2.74. The standard InChI is InChI=1S/C11H20N6.HI/c1-17-8-14-16-10(17)7-13-11(12)15-9-5-3-2-4-6-9;/h8-9H,2-7H2,1H3,(H3,12,13,15);1H. The highest BCUT2D eigenvalue weighted by Crippen LogP contribution is 2.16. The molecule has 0 unspecified atom stereocenters. The van der Waals surface area contributed by atoms with Crippen LogP contribution in [0, 0.1) is 0 Å². The fourth-order valence-electron chi connectivity index (χ4n) is 2.11. The smallest absolute Gasteiger partial charge is 0.189 e. The summed E-state index contributed by atoms with van der Waals surface area (Å²) in [5.74, 6) is 1.33. The molecular weight excluding hydrogens is 343 g/mol. The molecule has 0 aliphatic heterocycles. The molecule has 0 amide bonds. The van der Waals surface area contributed by atoms with Crippen molar-refractivity contribution in [2.24, 2.45) is 17.8 Å². The third-order valence-electron chi connectivity index (χ3n) is 3.15. The largest absolute Gasteiger partial charge is 0.370 e. The minimum atomic E-state index is 0. The molecule has 0 atom stereocenters. The lowest BCUT2D eigenvalue weighted by Gasteiger charge is -2.23. The molecule has 1 fully saturated rings. The van der Waals surface area contributed by atoms with Crippen molar-refractivity contribution >= 4 is 29.9 Å². The van der Waals surface area contributed by atoms with Gasteiger partial charge in [0.1, 0.15) is 12.9 Å². The van der Waals surface area contributed by atoms with Gasteiger partial charge in [-0.1, -0.05) is 19.3 Å². The van der Waals surface area contributed by atoms with Gasteiger partial charge in [-0.05, 0) is 12.8 Å². The van der Waals surface area contributed by atoms with Crippen LogP contribution in [-0.4, -0.2) is 26.8 Å². The third-order valence-corrected chi connectivity index (χ3v) is 3.15. The van der Waals surface area contributed by atoms with E-state index in [1.54, 1.807) is 6.33 Å². The Hall–Kier alpha value is -0.860. The lowest BCUT2D eigenvalue weighted by atomic mass is 9.96. The molecule has 7 heteroatoms. The number of aryl methyl sites for hydroxylation is 1. The molecule has 1 aliphatic carbocycles. The third kappa shape index (κ3) is 4.43. The van der Waals surface area contributed by atoms with Gasteiger partial charge >= 0.3 is 0 Å². The number of nitrogens with one attached hydrogen (secondary N) is 1. The second-order valence-corrected chi connectivity index (χ2v) is 4.54. The summed E-state index contributed by atoms with van der Waals surface area (Å²) in [6.45, 7) is 0.474. The van der Waals surface area contributed by atoms with Gasteiger partial charge in [-0.25, -0.2) is 4.99 Å². The summed E-state index contributed by atoms with van der Waals surface area (Å²) in [6.07, 6.45) is 7.96. The van der Waals surface area contributed by atoms with E-state index in [1.165, 1.54) is 32.1 Å². The van der Waals surface area contributed by atoms with Crippen molar-refractivity contribution in [1.82, 2.24) is 20.1 Å². The maximum atomic E-state index is 5.85. The number of rotatable bonds is 3. The lowest BCUT2D eigenvalue weighted by molar-refractivity contribution is 0.412. The molecular formula is C11H21IN6. The van der Waals surface area contributed by atoms with Crippen LogP contribution in [-0.2, 0) is 13.6 Å². The molecule has 0 saturated heterocycles. The second kappa shape index (κ2) is 7.55. The molecule has 0 radical (unpaired) electrons. The zero-order chi connectivity index (χ0) is 12.1. The molecule has 18 heavy (non-hydrogen) atoms. The van der Waals surface area contributed by atoms with Crippen molar-refractivity contribution in [1.29, 1.82) is 0 Å². The summed E-state index contributed by atoms with van der Waals surface area (Å²) >= 11 is 0.